The van der Waals surface area contributed by atoms with Crippen molar-refractivity contribution in [2.24, 2.45) is 0 Å². The molecule has 2 rings (SSSR count). The van der Waals surface area contributed by atoms with Gasteiger partial charge in [0.05, 0.1) is 5.57 Å². The van der Waals surface area contributed by atoms with Crippen molar-refractivity contribution in [1.29, 1.82) is 0 Å². The molecule has 0 aliphatic carbocycles. The molecule has 0 atom stereocenters. The van der Waals surface area contributed by atoms with Crippen LogP contribution in [0.4, 0.5) is 14.7 Å². The van der Waals surface area contributed by atoms with Gasteiger partial charge in [0, 0.05) is 18.0 Å². The number of nitrogens with two attached hydrogens (primary N) is 1. The van der Waals surface area contributed by atoms with Gasteiger partial charge in [-0.05, 0) is 5.56 Å². The molecule has 2 aromatic rings. The average Bonchev–Trinajstić information content (AvgIpc) is 2.33. The normalized spacial score (nSPS) is 10.0. The lowest BCUT2D eigenvalue weighted by molar-refractivity contribution is 0.426. The zero-order chi connectivity index (χ0) is 12.3. The van der Waals surface area contributed by atoms with Crippen LogP contribution in [-0.4, -0.2) is 9.97 Å². The predicted octanol–water partition coefficient (Wildman–Crippen LogP) is 2.71. The fraction of sp³-hybridized carbons (Fsp3) is 0. The summed E-state index contributed by atoms with van der Waals surface area (Å²) in [5, 5.41) is 0. The van der Waals surface area contributed by atoms with Crippen LogP contribution in [0.5, 0.6) is 0 Å². The molecule has 0 bridgehead atoms. The molecular weight excluding hydrogens is 224 g/mol. The summed E-state index contributed by atoms with van der Waals surface area (Å²) in [5.41, 5.74) is 5.80. The van der Waals surface area contributed by atoms with Gasteiger partial charge in [-0.15, -0.1) is 0 Å². The van der Waals surface area contributed by atoms with E-state index in [1.807, 2.05) is 0 Å². The van der Waals surface area contributed by atoms with Crippen molar-refractivity contribution in [2.75, 3.05) is 5.73 Å². The molecule has 5 heteroatoms. The van der Waals surface area contributed by atoms with E-state index in [2.05, 4.69) is 9.97 Å². The van der Waals surface area contributed by atoms with Gasteiger partial charge >= 0.3 is 0 Å². The highest BCUT2D eigenvalue weighted by atomic mass is 19.3. The summed E-state index contributed by atoms with van der Waals surface area (Å²) in [6.07, 6.45) is 0.790. The molecule has 0 aliphatic rings. The first kappa shape index (κ1) is 11.2. The minimum atomic E-state index is -1.77. The van der Waals surface area contributed by atoms with Gasteiger partial charge in [0.2, 0.25) is 5.95 Å². The third-order valence-electron chi connectivity index (χ3n) is 2.21. The van der Waals surface area contributed by atoms with Gasteiger partial charge in [-0.3, -0.25) is 0 Å². The summed E-state index contributed by atoms with van der Waals surface area (Å²) in [6.45, 7) is 0. The van der Waals surface area contributed by atoms with Gasteiger partial charge in [-0.2, -0.15) is 8.78 Å². The second kappa shape index (κ2) is 4.69. The highest BCUT2D eigenvalue weighted by Gasteiger charge is 2.12. The van der Waals surface area contributed by atoms with Crippen molar-refractivity contribution in [1.82, 2.24) is 9.97 Å². The van der Waals surface area contributed by atoms with Crippen LogP contribution in [0.2, 0.25) is 0 Å². The van der Waals surface area contributed by atoms with Gasteiger partial charge in [0.1, 0.15) is 0 Å². The summed E-state index contributed by atoms with van der Waals surface area (Å²) in [5.74, 6) is 0.0560. The molecule has 0 amide bonds. The van der Waals surface area contributed by atoms with E-state index in [9.17, 15) is 8.78 Å². The maximum atomic E-state index is 13.0. The molecule has 0 radical (unpaired) electrons. The predicted molar refractivity (Wildman–Crippen MR) is 61.1 cm³/mol. The van der Waals surface area contributed by atoms with Crippen molar-refractivity contribution in [2.45, 2.75) is 0 Å². The molecular formula is C12H9F2N3. The van der Waals surface area contributed by atoms with Crippen molar-refractivity contribution < 1.29 is 8.78 Å². The quantitative estimate of drug-likeness (QED) is 0.867. The molecule has 2 N–H and O–H groups in total. The molecule has 3 nitrogen and oxygen atoms in total. The first-order valence-electron chi connectivity index (χ1n) is 4.87. The van der Waals surface area contributed by atoms with E-state index in [1.54, 1.807) is 30.3 Å². The van der Waals surface area contributed by atoms with Crippen LogP contribution < -0.4 is 5.73 Å². The van der Waals surface area contributed by atoms with E-state index in [0.717, 1.165) is 0 Å². The van der Waals surface area contributed by atoms with Crippen LogP contribution in [0.1, 0.15) is 11.1 Å². The Balaban J connectivity index is 2.52. The average molecular weight is 233 g/mol. The third kappa shape index (κ3) is 2.44. The van der Waals surface area contributed by atoms with Crippen molar-refractivity contribution in [3.05, 3.63) is 59.9 Å². The highest BCUT2D eigenvalue weighted by Crippen LogP contribution is 2.27. The number of hydrogen-bond donors (Lipinski definition) is 1. The number of nitrogen functional groups attached to an aromatic ring is 1. The lowest BCUT2D eigenvalue weighted by Gasteiger charge is -2.06. The molecule has 1 aromatic carbocycles. The largest absolute Gasteiger partial charge is 0.368 e. The lowest BCUT2D eigenvalue weighted by Crippen LogP contribution is -1.97. The second-order valence-electron chi connectivity index (χ2n) is 3.33. The van der Waals surface area contributed by atoms with Crippen LogP contribution in [-0.2, 0) is 0 Å². The number of rotatable bonds is 2. The zero-order valence-electron chi connectivity index (χ0n) is 8.77. The monoisotopic (exact) mass is 233 g/mol. The second-order valence-corrected chi connectivity index (χ2v) is 3.33. The molecule has 0 saturated carbocycles. The Morgan fingerprint density at radius 3 is 2.06 bits per heavy atom. The van der Waals surface area contributed by atoms with E-state index in [-0.39, 0.29) is 17.1 Å². The van der Waals surface area contributed by atoms with Crippen LogP contribution in [0.3, 0.4) is 0 Å². The Morgan fingerprint density at radius 1 is 0.941 bits per heavy atom. The first-order chi connectivity index (χ1) is 8.18. The minimum Gasteiger partial charge on any atom is -0.368 e. The number of benzene rings is 1. The Kier molecular flexibility index (Phi) is 3.09. The van der Waals surface area contributed by atoms with Crippen molar-refractivity contribution in [3.8, 4) is 0 Å². The molecule has 0 saturated heterocycles. The SMILES string of the molecule is Nc1ncc(C(=C(F)F)c2ccccc2)cn1. The van der Waals surface area contributed by atoms with Gasteiger partial charge < -0.3 is 5.73 Å². The number of anilines is 1. The molecule has 86 valence electrons. The maximum absolute atomic E-state index is 13.0. The summed E-state index contributed by atoms with van der Waals surface area (Å²) in [4.78, 5) is 7.41. The minimum absolute atomic E-state index is 0.0560. The maximum Gasteiger partial charge on any atom is 0.278 e. The van der Waals surface area contributed by atoms with Crippen molar-refractivity contribution >= 4 is 11.5 Å². The van der Waals surface area contributed by atoms with Crippen LogP contribution in [0, 0.1) is 0 Å². The summed E-state index contributed by atoms with van der Waals surface area (Å²) >= 11 is 0. The van der Waals surface area contributed by atoms with E-state index in [4.69, 9.17) is 5.73 Å². The summed E-state index contributed by atoms with van der Waals surface area (Å²) in [6, 6.07) is 8.35. The summed E-state index contributed by atoms with van der Waals surface area (Å²) in [7, 11) is 0. The number of nitrogens with zero attached hydrogens (tertiary/aromatic N) is 2. The Labute approximate surface area is 96.6 Å². The smallest absolute Gasteiger partial charge is 0.278 e. The van der Waals surface area contributed by atoms with E-state index in [0.29, 0.717) is 5.56 Å². The topological polar surface area (TPSA) is 51.8 Å². The highest BCUT2D eigenvalue weighted by molar-refractivity contribution is 5.79. The van der Waals surface area contributed by atoms with Gasteiger partial charge in [-0.25, -0.2) is 9.97 Å². The van der Waals surface area contributed by atoms with E-state index >= 15 is 0 Å². The number of aromatic nitrogens is 2. The Bertz CT molecular complexity index is 531. The molecule has 0 aliphatic heterocycles. The van der Waals surface area contributed by atoms with E-state index < -0.39 is 6.08 Å². The Hall–Kier alpha value is -2.30. The lowest BCUT2D eigenvalue weighted by atomic mass is 10.0. The number of hydrogen-bond acceptors (Lipinski definition) is 3. The van der Waals surface area contributed by atoms with Crippen molar-refractivity contribution in [3.63, 3.8) is 0 Å². The van der Waals surface area contributed by atoms with Crippen LogP contribution in [0.25, 0.3) is 5.57 Å². The van der Waals surface area contributed by atoms with Crippen LogP contribution in [0.15, 0.2) is 48.8 Å². The fourth-order valence-electron chi connectivity index (χ4n) is 1.46. The van der Waals surface area contributed by atoms with Crippen LogP contribution >= 0.6 is 0 Å². The summed E-state index contributed by atoms with van der Waals surface area (Å²) < 4.78 is 25.9. The number of halogens is 2. The molecule has 17 heavy (non-hydrogen) atoms. The van der Waals surface area contributed by atoms with Gasteiger partial charge in [-0.1, -0.05) is 30.3 Å². The molecule has 1 aromatic heterocycles. The first-order valence-corrected chi connectivity index (χ1v) is 4.87. The fourth-order valence-corrected chi connectivity index (χ4v) is 1.46. The third-order valence-corrected chi connectivity index (χ3v) is 2.21. The molecule has 1 heterocycles. The zero-order valence-corrected chi connectivity index (χ0v) is 8.77. The molecule has 0 fully saturated rings. The Morgan fingerprint density at radius 2 is 1.53 bits per heavy atom. The standard InChI is InChI=1S/C12H9F2N3/c13-11(14)10(8-4-2-1-3-5-8)9-6-16-12(15)17-7-9/h1-7H,(H2,15,16,17). The molecule has 0 spiro atoms. The van der Waals surface area contributed by atoms with Gasteiger partial charge in [0.15, 0.2) is 0 Å². The van der Waals surface area contributed by atoms with E-state index in [1.165, 1.54) is 12.4 Å². The molecule has 0 unspecified atom stereocenters. The van der Waals surface area contributed by atoms with Gasteiger partial charge in [0.25, 0.3) is 6.08 Å².